The molecule has 0 bridgehead atoms. The first kappa shape index (κ1) is 21.4. The molecule has 1 fully saturated rings. The van der Waals surface area contributed by atoms with Crippen LogP contribution in [0.3, 0.4) is 0 Å². The number of hydrogen-bond donors (Lipinski definition) is 3. The Morgan fingerprint density at radius 3 is 2.36 bits per heavy atom. The van der Waals surface area contributed by atoms with Crippen LogP contribution >= 0.6 is 11.6 Å². The minimum Gasteiger partial charge on any atom is -0.481 e. The first-order chi connectivity index (χ1) is 15.9. The number of rotatable bonds is 6. The van der Waals surface area contributed by atoms with Crippen molar-refractivity contribution in [2.45, 2.75) is 24.7 Å². The summed E-state index contributed by atoms with van der Waals surface area (Å²) in [6, 6.07) is 20.7. The van der Waals surface area contributed by atoms with Gasteiger partial charge in [-0.3, -0.25) is 9.59 Å². The fraction of sp³-hybridized carbons (Fsp3) is 0.185. The molecule has 1 saturated carbocycles. The predicted octanol–water partition coefficient (Wildman–Crippen LogP) is 5.17. The van der Waals surface area contributed by atoms with Crippen molar-refractivity contribution in [1.29, 1.82) is 0 Å². The highest BCUT2D eigenvalue weighted by atomic mass is 35.5. The van der Waals surface area contributed by atoms with Crippen molar-refractivity contribution < 1.29 is 15.0 Å². The highest BCUT2D eigenvalue weighted by molar-refractivity contribution is 6.34. The van der Waals surface area contributed by atoms with Crippen molar-refractivity contribution in [3.63, 3.8) is 0 Å². The van der Waals surface area contributed by atoms with Crippen LogP contribution in [0.2, 0.25) is 5.02 Å². The predicted molar refractivity (Wildman–Crippen MR) is 130 cm³/mol. The fourth-order valence-electron chi connectivity index (χ4n) is 4.38. The van der Waals surface area contributed by atoms with Crippen LogP contribution < -0.4 is 5.56 Å². The third kappa shape index (κ3) is 4.06. The van der Waals surface area contributed by atoms with E-state index in [9.17, 15) is 14.7 Å². The average Bonchev–Trinajstić information content (AvgIpc) is 3.60. The van der Waals surface area contributed by atoms with E-state index >= 15 is 0 Å². The molecule has 5 nitrogen and oxygen atoms in total. The summed E-state index contributed by atoms with van der Waals surface area (Å²) in [6.45, 7) is 0.160. The Kier molecular flexibility index (Phi) is 5.31. The zero-order chi connectivity index (χ0) is 23.2. The maximum absolute atomic E-state index is 12.8. The fourth-order valence-corrected chi connectivity index (χ4v) is 4.65. The van der Waals surface area contributed by atoms with Crippen LogP contribution in [-0.2, 0) is 16.6 Å². The summed E-state index contributed by atoms with van der Waals surface area (Å²) >= 11 is 6.57. The average molecular weight is 460 g/mol. The molecule has 1 aliphatic carbocycles. The smallest absolute Gasteiger partial charge is 0.307 e. The van der Waals surface area contributed by atoms with Gasteiger partial charge >= 0.3 is 5.97 Å². The lowest BCUT2D eigenvalue weighted by molar-refractivity contribution is -0.136. The Hall–Kier alpha value is -3.41. The zero-order valence-electron chi connectivity index (χ0n) is 17.8. The molecule has 3 N–H and O–H groups in total. The second-order valence-corrected chi connectivity index (χ2v) is 9.13. The van der Waals surface area contributed by atoms with Crippen molar-refractivity contribution >= 4 is 28.5 Å². The number of aliphatic hydroxyl groups is 1. The summed E-state index contributed by atoms with van der Waals surface area (Å²) in [6.07, 6.45) is 1.90. The molecule has 4 aromatic rings. The molecule has 0 aliphatic heterocycles. The van der Waals surface area contributed by atoms with Gasteiger partial charge in [0.2, 0.25) is 0 Å². The topological polar surface area (TPSA) is 90.4 Å². The molecule has 5 rings (SSSR count). The first-order valence-corrected chi connectivity index (χ1v) is 11.2. The molecule has 1 aliphatic rings. The van der Waals surface area contributed by atoms with E-state index in [1.807, 2.05) is 36.4 Å². The number of benzene rings is 3. The molecule has 166 valence electrons. The van der Waals surface area contributed by atoms with E-state index in [2.05, 4.69) is 4.98 Å². The maximum Gasteiger partial charge on any atom is 0.307 e. The van der Waals surface area contributed by atoms with E-state index in [1.54, 1.807) is 30.3 Å². The molecule has 0 saturated heterocycles. The van der Waals surface area contributed by atoms with Gasteiger partial charge in [0.15, 0.2) is 0 Å². The van der Waals surface area contributed by atoms with Crippen molar-refractivity contribution in [3.8, 4) is 22.3 Å². The Morgan fingerprint density at radius 2 is 1.70 bits per heavy atom. The highest BCUT2D eigenvalue weighted by Crippen LogP contribution is 2.48. The van der Waals surface area contributed by atoms with Crippen LogP contribution in [0.4, 0.5) is 0 Å². The van der Waals surface area contributed by atoms with Gasteiger partial charge in [0.25, 0.3) is 5.56 Å². The summed E-state index contributed by atoms with van der Waals surface area (Å²) in [5.74, 6) is -0.920. The van der Waals surface area contributed by atoms with E-state index in [0.29, 0.717) is 27.2 Å². The molecule has 0 amide bonds. The summed E-state index contributed by atoms with van der Waals surface area (Å²) in [5.41, 5.74) is 4.99. The van der Waals surface area contributed by atoms with Crippen molar-refractivity contribution in [2.24, 2.45) is 0 Å². The molecule has 33 heavy (non-hydrogen) atoms. The Labute approximate surface area is 195 Å². The number of aromatic nitrogens is 1. The molecule has 6 heteroatoms. The van der Waals surface area contributed by atoms with Gasteiger partial charge in [-0.15, -0.1) is 0 Å². The molecule has 0 radical (unpaired) electrons. The molecule has 0 unspecified atom stereocenters. The summed E-state index contributed by atoms with van der Waals surface area (Å²) in [7, 11) is 0. The number of aliphatic carboxylic acids is 1. The lowest BCUT2D eigenvalue weighted by Crippen LogP contribution is -2.11. The number of nitrogens with one attached hydrogen (secondary N) is 1. The summed E-state index contributed by atoms with van der Waals surface area (Å²) < 4.78 is 0. The van der Waals surface area contributed by atoms with Crippen LogP contribution in [0.25, 0.3) is 33.2 Å². The minimum atomic E-state index is -0.920. The Bertz CT molecular complexity index is 1440. The number of pyridine rings is 1. The minimum absolute atomic E-state index is 0.0880. The van der Waals surface area contributed by atoms with Gasteiger partial charge in [0.1, 0.15) is 0 Å². The number of carboxylic acid groups (broad SMARTS) is 1. The molecule has 0 atom stereocenters. The van der Waals surface area contributed by atoms with Crippen molar-refractivity contribution in [1.82, 2.24) is 4.98 Å². The lowest BCUT2D eigenvalue weighted by atomic mass is 9.94. The molecule has 3 aromatic carbocycles. The van der Waals surface area contributed by atoms with Crippen LogP contribution in [-0.4, -0.2) is 27.8 Å². The van der Waals surface area contributed by atoms with Crippen LogP contribution in [0.1, 0.15) is 24.0 Å². The standard InChI is InChI=1S/C27H22ClNO4/c28-23-14-24-19(12-21(23)17-4-6-20(7-5-17)27(15-30)8-9-27)13-22(26(33)29-24)18-3-1-2-16(10-18)11-25(31)32/h1-7,10,12-14,30H,8-9,11,15H2,(H,29,33)(H,31,32). The number of aromatic amines is 1. The molecular weight excluding hydrogens is 438 g/mol. The Balaban J connectivity index is 1.56. The number of aliphatic hydroxyl groups excluding tert-OH is 1. The number of carboxylic acids is 1. The number of fused-ring (bicyclic) bond motifs is 1. The van der Waals surface area contributed by atoms with Gasteiger partial charge in [-0.05, 0) is 58.7 Å². The molecule has 0 spiro atoms. The van der Waals surface area contributed by atoms with E-state index in [-0.39, 0.29) is 24.0 Å². The zero-order valence-corrected chi connectivity index (χ0v) is 18.5. The summed E-state index contributed by atoms with van der Waals surface area (Å²) in [5, 5.41) is 20.1. The molecule has 1 heterocycles. The van der Waals surface area contributed by atoms with Crippen LogP contribution in [0, 0.1) is 0 Å². The van der Waals surface area contributed by atoms with Gasteiger partial charge < -0.3 is 15.2 Å². The molecule has 1 aromatic heterocycles. The molecular formula is C27H22ClNO4. The summed E-state index contributed by atoms with van der Waals surface area (Å²) in [4.78, 5) is 26.7. The first-order valence-electron chi connectivity index (χ1n) is 10.8. The normalized spacial score (nSPS) is 14.4. The van der Waals surface area contributed by atoms with Gasteiger partial charge in [-0.1, -0.05) is 60.1 Å². The van der Waals surface area contributed by atoms with Gasteiger partial charge in [-0.25, -0.2) is 0 Å². The Morgan fingerprint density at radius 1 is 0.970 bits per heavy atom. The maximum atomic E-state index is 12.8. The highest BCUT2D eigenvalue weighted by Gasteiger charge is 2.43. The second-order valence-electron chi connectivity index (χ2n) is 8.72. The third-order valence-corrected chi connectivity index (χ3v) is 6.80. The number of hydrogen-bond acceptors (Lipinski definition) is 3. The van der Waals surface area contributed by atoms with Crippen LogP contribution in [0.15, 0.2) is 71.5 Å². The third-order valence-electron chi connectivity index (χ3n) is 6.49. The van der Waals surface area contributed by atoms with E-state index in [0.717, 1.165) is 34.9 Å². The SMILES string of the molecule is O=C(O)Cc1cccc(-c2cc3cc(-c4ccc(C5(CO)CC5)cc4)c(Cl)cc3[nH]c2=O)c1. The van der Waals surface area contributed by atoms with Gasteiger partial charge in [0.05, 0.1) is 18.1 Å². The quantitative estimate of drug-likeness (QED) is 0.371. The lowest BCUT2D eigenvalue weighted by Gasteiger charge is -2.14. The van der Waals surface area contributed by atoms with Gasteiger partial charge in [0, 0.05) is 22.1 Å². The van der Waals surface area contributed by atoms with E-state index < -0.39 is 5.97 Å². The van der Waals surface area contributed by atoms with Crippen LogP contribution in [0.5, 0.6) is 0 Å². The number of H-pyrrole nitrogens is 1. The van der Waals surface area contributed by atoms with Crippen molar-refractivity contribution in [2.75, 3.05) is 6.61 Å². The number of halogens is 1. The second kappa shape index (κ2) is 8.18. The largest absolute Gasteiger partial charge is 0.481 e. The van der Waals surface area contributed by atoms with E-state index in [1.165, 1.54) is 0 Å². The van der Waals surface area contributed by atoms with Crippen molar-refractivity contribution in [3.05, 3.63) is 93.2 Å². The van der Waals surface area contributed by atoms with E-state index in [4.69, 9.17) is 16.7 Å². The monoisotopic (exact) mass is 459 g/mol. The van der Waals surface area contributed by atoms with Gasteiger partial charge in [-0.2, -0.15) is 0 Å². The number of carbonyl (C=O) groups is 1.